The van der Waals surface area contributed by atoms with Gasteiger partial charge in [0.15, 0.2) is 0 Å². The summed E-state index contributed by atoms with van der Waals surface area (Å²) in [6.45, 7) is 1.88. The summed E-state index contributed by atoms with van der Waals surface area (Å²) < 4.78 is 7.29. The van der Waals surface area contributed by atoms with E-state index in [1.807, 2.05) is 18.2 Å². The van der Waals surface area contributed by atoms with Crippen LogP contribution in [-0.2, 0) is 6.54 Å². The van der Waals surface area contributed by atoms with Crippen LogP contribution >= 0.6 is 0 Å². The van der Waals surface area contributed by atoms with Crippen molar-refractivity contribution in [1.29, 1.82) is 0 Å². The molecule has 2 aromatic rings. The van der Waals surface area contributed by atoms with Crippen LogP contribution in [0.1, 0.15) is 12.8 Å². The second kappa shape index (κ2) is 4.74. The SMILES string of the molecule is COc1ccc2c(c1)nc(N)n2CCN(C)C1CC1. The fraction of sp³-hybridized carbons (Fsp3) is 0.500. The molecule has 1 aromatic heterocycles. The van der Waals surface area contributed by atoms with Gasteiger partial charge in [0.25, 0.3) is 0 Å². The van der Waals surface area contributed by atoms with E-state index in [1.54, 1.807) is 7.11 Å². The third kappa shape index (κ3) is 2.38. The highest BCUT2D eigenvalue weighted by Crippen LogP contribution is 2.26. The average molecular weight is 260 g/mol. The molecule has 1 fully saturated rings. The first-order valence-corrected chi connectivity index (χ1v) is 6.69. The van der Waals surface area contributed by atoms with Gasteiger partial charge in [0.05, 0.1) is 18.1 Å². The van der Waals surface area contributed by atoms with Gasteiger partial charge in [0.2, 0.25) is 5.95 Å². The van der Waals surface area contributed by atoms with Crippen LogP contribution in [0.25, 0.3) is 11.0 Å². The van der Waals surface area contributed by atoms with E-state index in [2.05, 4.69) is 21.5 Å². The van der Waals surface area contributed by atoms with Gasteiger partial charge >= 0.3 is 0 Å². The maximum atomic E-state index is 6.02. The van der Waals surface area contributed by atoms with Gasteiger partial charge < -0.3 is 19.9 Å². The van der Waals surface area contributed by atoms with E-state index in [0.29, 0.717) is 5.95 Å². The lowest BCUT2D eigenvalue weighted by Crippen LogP contribution is -2.25. The molecule has 0 bridgehead atoms. The van der Waals surface area contributed by atoms with Gasteiger partial charge in [0.1, 0.15) is 5.75 Å². The highest BCUT2D eigenvalue weighted by Gasteiger charge is 2.25. The number of nitrogen functional groups attached to an aromatic ring is 1. The summed E-state index contributed by atoms with van der Waals surface area (Å²) in [5.74, 6) is 1.39. The standard InChI is InChI=1S/C14H20N4O/c1-17(10-3-4-10)7-8-18-13-6-5-11(19-2)9-12(13)16-14(18)15/h5-6,9-10H,3-4,7-8H2,1-2H3,(H2,15,16). The molecule has 1 heterocycles. The first-order valence-electron chi connectivity index (χ1n) is 6.69. The van der Waals surface area contributed by atoms with E-state index in [-0.39, 0.29) is 0 Å². The summed E-state index contributed by atoms with van der Waals surface area (Å²) in [5.41, 5.74) is 7.98. The number of imidazole rings is 1. The van der Waals surface area contributed by atoms with Crippen molar-refractivity contribution in [3.8, 4) is 5.75 Å². The second-order valence-electron chi connectivity index (χ2n) is 5.19. The molecule has 0 unspecified atom stereocenters. The molecule has 0 aliphatic heterocycles. The molecule has 1 aliphatic carbocycles. The van der Waals surface area contributed by atoms with E-state index >= 15 is 0 Å². The molecule has 0 radical (unpaired) electrons. The minimum absolute atomic E-state index is 0.576. The smallest absolute Gasteiger partial charge is 0.201 e. The third-order valence-corrected chi connectivity index (χ3v) is 3.83. The number of hydrogen-bond donors (Lipinski definition) is 1. The number of anilines is 1. The van der Waals surface area contributed by atoms with Crippen molar-refractivity contribution in [3.05, 3.63) is 18.2 Å². The number of nitrogens with two attached hydrogens (primary N) is 1. The molecule has 102 valence electrons. The second-order valence-corrected chi connectivity index (χ2v) is 5.19. The molecule has 19 heavy (non-hydrogen) atoms. The number of aromatic nitrogens is 2. The fourth-order valence-corrected chi connectivity index (χ4v) is 2.45. The average Bonchev–Trinajstić information content (AvgIpc) is 3.20. The van der Waals surface area contributed by atoms with E-state index in [9.17, 15) is 0 Å². The lowest BCUT2D eigenvalue weighted by Gasteiger charge is -2.16. The van der Waals surface area contributed by atoms with Gasteiger partial charge in [-0.3, -0.25) is 0 Å². The number of nitrogens with zero attached hydrogens (tertiary/aromatic N) is 3. The Morgan fingerprint density at radius 2 is 2.26 bits per heavy atom. The summed E-state index contributed by atoms with van der Waals surface area (Å²) in [6, 6.07) is 6.67. The number of rotatable bonds is 5. The van der Waals surface area contributed by atoms with E-state index in [1.165, 1.54) is 12.8 Å². The number of methoxy groups -OCH3 is 1. The highest BCUT2D eigenvalue weighted by molar-refractivity contribution is 5.79. The van der Waals surface area contributed by atoms with Crippen molar-refractivity contribution in [2.24, 2.45) is 0 Å². The van der Waals surface area contributed by atoms with Crippen molar-refractivity contribution in [2.75, 3.05) is 26.4 Å². The predicted molar refractivity (Wildman–Crippen MR) is 76.3 cm³/mol. The maximum Gasteiger partial charge on any atom is 0.201 e. The molecule has 1 aromatic carbocycles. The zero-order valence-electron chi connectivity index (χ0n) is 11.5. The molecule has 0 atom stereocenters. The van der Waals surface area contributed by atoms with Crippen LogP contribution in [0.2, 0.25) is 0 Å². The lowest BCUT2D eigenvalue weighted by molar-refractivity contribution is 0.311. The van der Waals surface area contributed by atoms with Crippen molar-refractivity contribution in [3.63, 3.8) is 0 Å². The Kier molecular flexibility index (Phi) is 3.06. The quantitative estimate of drug-likeness (QED) is 0.889. The van der Waals surface area contributed by atoms with E-state index in [0.717, 1.165) is 35.9 Å². The van der Waals surface area contributed by atoms with Crippen molar-refractivity contribution >= 4 is 17.0 Å². The normalized spacial score (nSPS) is 15.3. The molecule has 1 aliphatic rings. The van der Waals surface area contributed by atoms with Gasteiger partial charge in [-0.25, -0.2) is 4.98 Å². The number of likely N-dealkylation sites (N-methyl/N-ethyl adjacent to an activating group) is 1. The molecule has 0 spiro atoms. The molecule has 1 saturated carbocycles. The zero-order chi connectivity index (χ0) is 13.4. The van der Waals surface area contributed by atoms with Gasteiger partial charge in [0, 0.05) is 25.2 Å². The Hall–Kier alpha value is -1.75. The molecule has 0 amide bonds. The zero-order valence-corrected chi connectivity index (χ0v) is 11.5. The van der Waals surface area contributed by atoms with Crippen LogP contribution in [0.15, 0.2) is 18.2 Å². The number of hydrogen-bond acceptors (Lipinski definition) is 4. The minimum Gasteiger partial charge on any atom is -0.497 e. The molecule has 5 heteroatoms. The van der Waals surface area contributed by atoms with Gasteiger partial charge in [-0.1, -0.05) is 0 Å². The monoisotopic (exact) mass is 260 g/mol. The van der Waals surface area contributed by atoms with Crippen LogP contribution in [0.5, 0.6) is 5.75 Å². The summed E-state index contributed by atoms with van der Waals surface area (Å²) >= 11 is 0. The van der Waals surface area contributed by atoms with Gasteiger partial charge in [-0.2, -0.15) is 0 Å². The van der Waals surface area contributed by atoms with Crippen molar-refractivity contribution < 1.29 is 4.74 Å². The van der Waals surface area contributed by atoms with Gasteiger partial charge in [-0.15, -0.1) is 0 Å². The highest BCUT2D eigenvalue weighted by atomic mass is 16.5. The lowest BCUT2D eigenvalue weighted by atomic mass is 10.3. The Bertz CT molecular complexity index is 588. The summed E-state index contributed by atoms with van der Waals surface area (Å²) in [5, 5.41) is 0. The Balaban J connectivity index is 1.83. The van der Waals surface area contributed by atoms with Crippen molar-refractivity contribution in [2.45, 2.75) is 25.4 Å². The first kappa shape index (κ1) is 12.3. The number of benzene rings is 1. The number of ether oxygens (including phenoxy) is 1. The molecular formula is C14H20N4O. The summed E-state index contributed by atoms with van der Waals surface area (Å²) in [6.07, 6.45) is 2.65. The van der Waals surface area contributed by atoms with Crippen LogP contribution in [0.4, 0.5) is 5.95 Å². The Morgan fingerprint density at radius 3 is 2.95 bits per heavy atom. The molecule has 3 rings (SSSR count). The fourth-order valence-electron chi connectivity index (χ4n) is 2.45. The Morgan fingerprint density at radius 1 is 1.47 bits per heavy atom. The molecular weight excluding hydrogens is 240 g/mol. The largest absolute Gasteiger partial charge is 0.497 e. The van der Waals surface area contributed by atoms with Crippen LogP contribution in [0, 0.1) is 0 Å². The first-order chi connectivity index (χ1) is 9.19. The molecule has 2 N–H and O–H groups in total. The predicted octanol–water partition coefficient (Wildman–Crippen LogP) is 1.72. The summed E-state index contributed by atoms with van der Waals surface area (Å²) in [4.78, 5) is 6.80. The minimum atomic E-state index is 0.576. The van der Waals surface area contributed by atoms with Crippen LogP contribution in [0.3, 0.4) is 0 Å². The molecule has 5 nitrogen and oxygen atoms in total. The maximum absolute atomic E-state index is 6.02. The van der Waals surface area contributed by atoms with Crippen LogP contribution < -0.4 is 10.5 Å². The van der Waals surface area contributed by atoms with E-state index in [4.69, 9.17) is 10.5 Å². The van der Waals surface area contributed by atoms with Crippen LogP contribution in [-0.4, -0.2) is 41.2 Å². The molecule has 0 saturated heterocycles. The van der Waals surface area contributed by atoms with Gasteiger partial charge in [-0.05, 0) is 32.0 Å². The topological polar surface area (TPSA) is 56.3 Å². The third-order valence-electron chi connectivity index (χ3n) is 3.83. The number of fused-ring (bicyclic) bond motifs is 1. The summed E-state index contributed by atoms with van der Waals surface area (Å²) in [7, 11) is 3.84. The van der Waals surface area contributed by atoms with E-state index < -0.39 is 0 Å². The van der Waals surface area contributed by atoms with Crippen molar-refractivity contribution in [1.82, 2.24) is 14.5 Å². The Labute approximate surface area is 113 Å².